The highest BCUT2D eigenvalue weighted by molar-refractivity contribution is 7.92. The molecule has 0 atom stereocenters. The number of sulfonamides is 1. The van der Waals surface area contributed by atoms with E-state index in [1.807, 2.05) is 51.1 Å². The number of carbonyl (C=O) groups excluding carboxylic acids is 1. The summed E-state index contributed by atoms with van der Waals surface area (Å²) in [5.74, 6) is -0.296. The molecule has 2 N–H and O–H groups in total. The van der Waals surface area contributed by atoms with Crippen LogP contribution in [-0.2, 0) is 10.0 Å². The number of rotatable bonds is 5. The van der Waals surface area contributed by atoms with Crippen molar-refractivity contribution in [2.75, 3.05) is 10.0 Å². The molecular weight excluding hydrogens is 372 g/mol. The summed E-state index contributed by atoms with van der Waals surface area (Å²) in [7, 11) is -3.73. The van der Waals surface area contributed by atoms with E-state index in [1.165, 1.54) is 24.3 Å². The van der Waals surface area contributed by atoms with E-state index in [-0.39, 0.29) is 10.8 Å². The lowest BCUT2D eigenvalue weighted by Gasteiger charge is -2.11. The Morgan fingerprint density at radius 2 is 1.36 bits per heavy atom. The molecule has 5 nitrogen and oxygen atoms in total. The standard InChI is InChI=1S/C22H22N2O3S/c1-15-4-9-19(10-5-15)23-22(25)18-7-12-21(13-8-18)28(26,27)24-20-11-6-16(2)17(3)14-20/h4-14,24H,1-3H3,(H,23,25). The Morgan fingerprint density at radius 3 is 1.96 bits per heavy atom. The van der Waals surface area contributed by atoms with Crippen LogP contribution >= 0.6 is 0 Å². The number of nitrogens with one attached hydrogen (secondary N) is 2. The summed E-state index contributed by atoms with van der Waals surface area (Å²) in [4.78, 5) is 12.4. The largest absolute Gasteiger partial charge is 0.322 e. The van der Waals surface area contributed by atoms with E-state index in [0.717, 1.165) is 16.7 Å². The molecule has 3 aromatic rings. The molecule has 0 radical (unpaired) electrons. The maximum absolute atomic E-state index is 12.6. The molecule has 3 aromatic carbocycles. The van der Waals surface area contributed by atoms with Crippen LogP contribution in [0.15, 0.2) is 71.6 Å². The fraction of sp³-hybridized carbons (Fsp3) is 0.136. The van der Waals surface area contributed by atoms with E-state index in [9.17, 15) is 13.2 Å². The molecule has 28 heavy (non-hydrogen) atoms. The van der Waals surface area contributed by atoms with Crippen molar-refractivity contribution in [1.29, 1.82) is 0 Å². The van der Waals surface area contributed by atoms with Crippen LogP contribution in [0.2, 0.25) is 0 Å². The highest BCUT2D eigenvalue weighted by Crippen LogP contribution is 2.20. The second-order valence-electron chi connectivity index (χ2n) is 6.75. The van der Waals surface area contributed by atoms with Gasteiger partial charge >= 0.3 is 0 Å². The Balaban J connectivity index is 1.74. The van der Waals surface area contributed by atoms with Crippen molar-refractivity contribution in [2.24, 2.45) is 0 Å². The Morgan fingerprint density at radius 1 is 0.750 bits per heavy atom. The summed E-state index contributed by atoms with van der Waals surface area (Å²) in [6, 6.07) is 18.7. The smallest absolute Gasteiger partial charge is 0.261 e. The van der Waals surface area contributed by atoms with Gasteiger partial charge in [-0.25, -0.2) is 8.42 Å². The van der Waals surface area contributed by atoms with Crippen LogP contribution in [0.3, 0.4) is 0 Å². The van der Waals surface area contributed by atoms with Crippen molar-refractivity contribution in [2.45, 2.75) is 25.7 Å². The van der Waals surface area contributed by atoms with Crippen molar-refractivity contribution in [3.63, 3.8) is 0 Å². The first-order chi connectivity index (χ1) is 13.2. The average molecular weight is 394 g/mol. The fourth-order valence-corrected chi connectivity index (χ4v) is 3.69. The van der Waals surface area contributed by atoms with E-state index in [0.29, 0.717) is 16.9 Å². The van der Waals surface area contributed by atoms with Gasteiger partial charge in [-0.1, -0.05) is 23.8 Å². The molecule has 0 saturated heterocycles. The summed E-state index contributed by atoms with van der Waals surface area (Å²) in [5, 5.41) is 2.79. The summed E-state index contributed by atoms with van der Waals surface area (Å²) in [6.45, 7) is 5.86. The zero-order valence-corrected chi connectivity index (χ0v) is 16.8. The van der Waals surface area contributed by atoms with Crippen molar-refractivity contribution in [1.82, 2.24) is 0 Å². The number of hydrogen-bond donors (Lipinski definition) is 2. The van der Waals surface area contributed by atoms with Gasteiger partial charge in [0.2, 0.25) is 0 Å². The van der Waals surface area contributed by atoms with Crippen LogP contribution in [0.4, 0.5) is 11.4 Å². The molecule has 0 aromatic heterocycles. The maximum Gasteiger partial charge on any atom is 0.261 e. The second kappa shape index (κ2) is 7.86. The topological polar surface area (TPSA) is 75.3 Å². The number of aryl methyl sites for hydroxylation is 3. The molecule has 0 aliphatic carbocycles. The predicted molar refractivity (Wildman–Crippen MR) is 112 cm³/mol. The summed E-state index contributed by atoms with van der Waals surface area (Å²) in [5.41, 5.74) is 4.76. The van der Waals surface area contributed by atoms with Crippen LogP contribution in [0.1, 0.15) is 27.0 Å². The second-order valence-corrected chi connectivity index (χ2v) is 8.43. The molecule has 1 amide bonds. The third-order valence-corrected chi connectivity index (χ3v) is 5.89. The van der Waals surface area contributed by atoms with E-state index < -0.39 is 10.0 Å². The van der Waals surface area contributed by atoms with Crippen LogP contribution in [0.25, 0.3) is 0 Å². The van der Waals surface area contributed by atoms with Crippen LogP contribution < -0.4 is 10.0 Å². The summed E-state index contributed by atoms with van der Waals surface area (Å²) < 4.78 is 27.7. The van der Waals surface area contributed by atoms with Gasteiger partial charge in [-0.3, -0.25) is 9.52 Å². The SMILES string of the molecule is Cc1ccc(NC(=O)c2ccc(S(=O)(=O)Nc3ccc(C)c(C)c3)cc2)cc1. The van der Waals surface area contributed by atoms with Crippen molar-refractivity contribution >= 4 is 27.3 Å². The van der Waals surface area contributed by atoms with E-state index in [2.05, 4.69) is 10.0 Å². The highest BCUT2D eigenvalue weighted by Gasteiger charge is 2.15. The minimum absolute atomic E-state index is 0.0950. The maximum atomic E-state index is 12.6. The van der Waals surface area contributed by atoms with Crippen LogP contribution in [0, 0.1) is 20.8 Å². The third kappa shape index (κ3) is 4.58. The number of benzene rings is 3. The lowest BCUT2D eigenvalue weighted by molar-refractivity contribution is 0.102. The molecule has 144 valence electrons. The van der Waals surface area contributed by atoms with Gasteiger partial charge in [-0.2, -0.15) is 0 Å². The normalized spacial score (nSPS) is 11.1. The van der Waals surface area contributed by atoms with Gasteiger partial charge in [-0.15, -0.1) is 0 Å². The fourth-order valence-electron chi connectivity index (χ4n) is 2.64. The van der Waals surface area contributed by atoms with Crippen molar-refractivity contribution in [3.05, 3.63) is 89.0 Å². The van der Waals surface area contributed by atoms with Gasteiger partial charge in [0.1, 0.15) is 0 Å². The Kier molecular flexibility index (Phi) is 5.51. The monoisotopic (exact) mass is 394 g/mol. The number of amides is 1. The highest BCUT2D eigenvalue weighted by atomic mass is 32.2. The molecule has 0 spiro atoms. The summed E-state index contributed by atoms with van der Waals surface area (Å²) >= 11 is 0. The minimum Gasteiger partial charge on any atom is -0.322 e. The Hall–Kier alpha value is -3.12. The number of carbonyl (C=O) groups is 1. The minimum atomic E-state index is -3.73. The first-order valence-corrected chi connectivity index (χ1v) is 10.3. The van der Waals surface area contributed by atoms with Crippen LogP contribution in [0.5, 0.6) is 0 Å². The summed E-state index contributed by atoms with van der Waals surface area (Å²) in [6.07, 6.45) is 0. The molecule has 0 aliphatic heterocycles. The predicted octanol–water partition coefficient (Wildman–Crippen LogP) is 4.66. The van der Waals surface area contributed by atoms with Crippen LogP contribution in [-0.4, -0.2) is 14.3 Å². The van der Waals surface area contributed by atoms with Gasteiger partial charge in [0.05, 0.1) is 4.90 Å². The molecule has 0 bridgehead atoms. The first kappa shape index (κ1) is 19.6. The lowest BCUT2D eigenvalue weighted by Crippen LogP contribution is -2.15. The molecule has 6 heteroatoms. The lowest BCUT2D eigenvalue weighted by atomic mass is 10.1. The van der Waals surface area contributed by atoms with Crippen molar-refractivity contribution < 1.29 is 13.2 Å². The quantitative estimate of drug-likeness (QED) is 0.661. The molecule has 3 rings (SSSR count). The number of anilines is 2. The van der Waals surface area contributed by atoms with Gasteiger partial charge < -0.3 is 5.32 Å². The molecule has 0 fully saturated rings. The van der Waals surface area contributed by atoms with E-state index >= 15 is 0 Å². The van der Waals surface area contributed by atoms with Gasteiger partial charge in [0, 0.05) is 16.9 Å². The van der Waals surface area contributed by atoms with Gasteiger partial charge in [0.15, 0.2) is 0 Å². The zero-order valence-electron chi connectivity index (χ0n) is 16.0. The average Bonchev–Trinajstić information content (AvgIpc) is 2.66. The Bertz CT molecular complexity index is 1100. The zero-order chi connectivity index (χ0) is 20.3. The molecule has 0 unspecified atom stereocenters. The third-order valence-electron chi connectivity index (χ3n) is 4.50. The van der Waals surface area contributed by atoms with Crippen molar-refractivity contribution in [3.8, 4) is 0 Å². The van der Waals surface area contributed by atoms with Gasteiger partial charge in [-0.05, 0) is 80.4 Å². The number of hydrogen-bond acceptors (Lipinski definition) is 3. The molecule has 0 aliphatic rings. The van der Waals surface area contributed by atoms with Gasteiger partial charge in [0.25, 0.3) is 15.9 Å². The first-order valence-electron chi connectivity index (χ1n) is 8.83. The van der Waals surface area contributed by atoms with E-state index in [4.69, 9.17) is 0 Å². The molecule has 0 heterocycles. The van der Waals surface area contributed by atoms with E-state index in [1.54, 1.807) is 12.1 Å². The molecule has 0 saturated carbocycles. The Labute approximate surface area is 165 Å². The molecular formula is C22H22N2O3S.